The lowest BCUT2D eigenvalue weighted by atomic mass is 9.95. The van der Waals surface area contributed by atoms with Crippen LogP contribution in [0.3, 0.4) is 0 Å². The largest absolute Gasteiger partial charge is 0.465 e. The van der Waals surface area contributed by atoms with Crippen molar-refractivity contribution >= 4 is 34.4 Å². The normalized spacial score (nSPS) is 12.9. The fourth-order valence-corrected chi connectivity index (χ4v) is 5.56. The van der Waals surface area contributed by atoms with E-state index in [1.54, 1.807) is 29.7 Å². The van der Waals surface area contributed by atoms with Crippen LogP contribution in [0.25, 0.3) is 11.3 Å². The minimum atomic E-state index is -0.379. The first-order chi connectivity index (χ1) is 17.6. The number of nitrogens with zero attached hydrogens (tertiary/aromatic N) is 1. The molecule has 0 saturated heterocycles. The van der Waals surface area contributed by atoms with Gasteiger partial charge in [-0.15, -0.1) is 11.3 Å². The van der Waals surface area contributed by atoms with Crippen LogP contribution in [0.15, 0.2) is 76.1 Å². The Morgan fingerprint density at radius 2 is 1.81 bits per heavy atom. The number of furan rings is 1. The number of methoxy groups -OCH3 is 1. The van der Waals surface area contributed by atoms with Gasteiger partial charge in [0.2, 0.25) is 0 Å². The van der Waals surface area contributed by atoms with Crippen LogP contribution in [0, 0.1) is 0 Å². The molecule has 0 radical (unpaired) electrons. The molecule has 2 aromatic heterocycles. The maximum absolute atomic E-state index is 13.2. The van der Waals surface area contributed by atoms with Gasteiger partial charge in [0.05, 0.1) is 24.5 Å². The molecule has 0 saturated carbocycles. The molecule has 1 aliphatic rings. The SMILES string of the molecule is COC(=O)c1ccc(-c2ccc(/C=N\c3sc4c(c3C(=O)NCc3ccccc3)CCCC4)o2)cc1. The van der Waals surface area contributed by atoms with Gasteiger partial charge in [-0.05, 0) is 61.1 Å². The lowest BCUT2D eigenvalue weighted by Gasteiger charge is -2.12. The van der Waals surface area contributed by atoms with Crippen molar-refractivity contribution in [2.75, 3.05) is 7.11 Å². The summed E-state index contributed by atoms with van der Waals surface area (Å²) in [6, 6.07) is 20.6. The zero-order chi connectivity index (χ0) is 24.9. The zero-order valence-corrected chi connectivity index (χ0v) is 20.8. The van der Waals surface area contributed by atoms with Crippen LogP contribution in [-0.4, -0.2) is 25.2 Å². The highest BCUT2D eigenvalue weighted by atomic mass is 32.1. The van der Waals surface area contributed by atoms with E-state index in [2.05, 4.69) is 5.32 Å². The van der Waals surface area contributed by atoms with Crippen LogP contribution in [0.4, 0.5) is 5.00 Å². The number of fused-ring (bicyclic) bond motifs is 1. The molecule has 1 N–H and O–H groups in total. The molecule has 5 rings (SSSR count). The Morgan fingerprint density at radius 1 is 1.03 bits per heavy atom. The molecule has 2 aromatic carbocycles. The second kappa shape index (κ2) is 10.7. The monoisotopic (exact) mass is 498 g/mol. The predicted molar refractivity (Wildman–Crippen MR) is 141 cm³/mol. The number of aliphatic imine (C=N–C) groups is 1. The van der Waals surface area contributed by atoms with Crippen molar-refractivity contribution in [3.63, 3.8) is 0 Å². The summed E-state index contributed by atoms with van der Waals surface area (Å²) in [7, 11) is 1.36. The molecule has 182 valence electrons. The number of nitrogens with one attached hydrogen (secondary N) is 1. The van der Waals surface area contributed by atoms with Crippen molar-refractivity contribution in [3.8, 4) is 11.3 Å². The van der Waals surface area contributed by atoms with E-state index in [-0.39, 0.29) is 11.9 Å². The molecule has 1 aliphatic carbocycles. The number of amides is 1. The van der Waals surface area contributed by atoms with E-state index in [1.165, 1.54) is 12.0 Å². The number of ether oxygens (including phenoxy) is 1. The minimum absolute atomic E-state index is 0.0868. The summed E-state index contributed by atoms with van der Waals surface area (Å²) in [5.74, 6) is 0.788. The summed E-state index contributed by atoms with van der Waals surface area (Å²) in [6.45, 7) is 0.476. The quantitative estimate of drug-likeness (QED) is 0.238. The molecule has 36 heavy (non-hydrogen) atoms. The van der Waals surface area contributed by atoms with Gasteiger partial charge < -0.3 is 14.5 Å². The Balaban J connectivity index is 1.36. The highest BCUT2D eigenvalue weighted by Crippen LogP contribution is 2.40. The van der Waals surface area contributed by atoms with E-state index < -0.39 is 0 Å². The molecule has 0 aliphatic heterocycles. The van der Waals surface area contributed by atoms with Crippen molar-refractivity contribution in [1.29, 1.82) is 0 Å². The standard InChI is InChI=1S/C29H26N2O4S/c1-34-29(33)21-13-11-20(12-14-21)24-16-15-22(35-24)18-31-28-26(23-9-5-6-10-25(23)36-28)27(32)30-17-19-7-3-2-4-8-19/h2-4,7-8,11-16,18H,5-6,9-10,17H2,1H3,(H,30,32)/b31-18-. The smallest absolute Gasteiger partial charge is 0.337 e. The van der Waals surface area contributed by atoms with Gasteiger partial charge in [0.1, 0.15) is 16.5 Å². The fraction of sp³-hybridized carbons (Fsp3) is 0.207. The molecule has 2 heterocycles. The lowest BCUT2D eigenvalue weighted by Crippen LogP contribution is -2.24. The fourth-order valence-electron chi connectivity index (χ4n) is 4.33. The van der Waals surface area contributed by atoms with Crippen molar-refractivity contribution in [1.82, 2.24) is 5.32 Å². The van der Waals surface area contributed by atoms with Gasteiger partial charge in [0, 0.05) is 17.0 Å². The number of rotatable bonds is 7. The molecule has 0 spiro atoms. The van der Waals surface area contributed by atoms with Gasteiger partial charge >= 0.3 is 5.97 Å². The van der Waals surface area contributed by atoms with Crippen LogP contribution >= 0.6 is 11.3 Å². The van der Waals surface area contributed by atoms with Crippen LogP contribution in [0.2, 0.25) is 0 Å². The van der Waals surface area contributed by atoms with Crippen molar-refractivity contribution in [3.05, 3.63) is 99.6 Å². The van der Waals surface area contributed by atoms with E-state index >= 15 is 0 Å². The van der Waals surface area contributed by atoms with Gasteiger partial charge in [-0.25, -0.2) is 9.79 Å². The third-order valence-corrected chi connectivity index (χ3v) is 7.40. The number of aryl methyl sites for hydroxylation is 1. The van der Waals surface area contributed by atoms with Gasteiger partial charge in [0.15, 0.2) is 0 Å². The first kappa shape index (κ1) is 23.8. The van der Waals surface area contributed by atoms with E-state index in [9.17, 15) is 9.59 Å². The van der Waals surface area contributed by atoms with Crippen molar-refractivity contribution in [2.24, 2.45) is 4.99 Å². The number of benzene rings is 2. The van der Waals surface area contributed by atoms with Crippen molar-refractivity contribution < 1.29 is 18.7 Å². The summed E-state index contributed by atoms with van der Waals surface area (Å²) in [4.78, 5) is 30.8. The highest BCUT2D eigenvalue weighted by Gasteiger charge is 2.25. The molecule has 0 atom stereocenters. The lowest BCUT2D eigenvalue weighted by molar-refractivity contribution is 0.0600. The second-order valence-electron chi connectivity index (χ2n) is 8.59. The highest BCUT2D eigenvalue weighted by molar-refractivity contribution is 7.16. The average molecular weight is 499 g/mol. The van der Waals surface area contributed by atoms with E-state index in [0.29, 0.717) is 34.2 Å². The van der Waals surface area contributed by atoms with Gasteiger partial charge in [-0.1, -0.05) is 42.5 Å². The Kier molecular flexibility index (Phi) is 7.09. The van der Waals surface area contributed by atoms with E-state index in [0.717, 1.165) is 42.4 Å². The Bertz CT molecular complexity index is 1400. The molecule has 6 nitrogen and oxygen atoms in total. The summed E-state index contributed by atoms with van der Waals surface area (Å²) in [5, 5.41) is 3.79. The van der Waals surface area contributed by atoms with E-state index in [4.69, 9.17) is 14.1 Å². The number of esters is 1. The molecule has 0 bridgehead atoms. The molecule has 0 unspecified atom stereocenters. The van der Waals surface area contributed by atoms with Gasteiger partial charge in [-0.3, -0.25) is 4.79 Å². The van der Waals surface area contributed by atoms with Crippen molar-refractivity contribution in [2.45, 2.75) is 32.2 Å². The number of hydrogen-bond donors (Lipinski definition) is 1. The number of carbonyl (C=O) groups excluding carboxylic acids is 2. The van der Waals surface area contributed by atoms with Gasteiger partial charge in [0.25, 0.3) is 5.91 Å². The summed E-state index contributed by atoms with van der Waals surface area (Å²) in [6.07, 6.45) is 5.78. The Hall–Kier alpha value is -3.97. The summed E-state index contributed by atoms with van der Waals surface area (Å²) >= 11 is 1.60. The molecule has 4 aromatic rings. The van der Waals surface area contributed by atoms with Gasteiger partial charge in [-0.2, -0.15) is 0 Å². The number of hydrogen-bond acceptors (Lipinski definition) is 6. The zero-order valence-electron chi connectivity index (χ0n) is 20.0. The topological polar surface area (TPSA) is 80.9 Å². The maximum atomic E-state index is 13.2. The van der Waals surface area contributed by atoms with Crippen LogP contribution in [0.1, 0.15) is 55.3 Å². The summed E-state index contributed by atoms with van der Waals surface area (Å²) in [5.41, 5.74) is 4.20. The Morgan fingerprint density at radius 3 is 2.58 bits per heavy atom. The predicted octanol–water partition coefficient (Wildman–Crippen LogP) is 6.35. The van der Waals surface area contributed by atoms with Crippen LogP contribution in [0.5, 0.6) is 0 Å². The first-order valence-corrected chi connectivity index (χ1v) is 12.7. The molecular formula is C29H26N2O4S. The van der Waals surface area contributed by atoms with E-state index in [1.807, 2.05) is 54.6 Å². The van der Waals surface area contributed by atoms with Crippen LogP contribution < -0.4 is 5.32 Å². The number of thiophene rings is 1. The average Bonchev–Trinajstić information content (AvgIpc) is 3.55. The molecular weight excluding hydrogens is 472 g/mol. The Labute approximate surface area is 213 Å². The molecule has 7 heteroatoms. The third kappa shape index (κ3) is 5.16. The minimum Gasteiger partial charge on any atom is -0.465 e. The van der Waals surface area contributed by atoms with Crippen LogP contribution in [-0.2, 0) is 24.1 Å². The third-order valence-electron chi connectivity index (χ3n) is 6.20. The molecule has 1 amide bonds. The summed E-state index contributed by atoms with van der Waals surface area (Å²) < 4.78 is 10.7. The molecule has 0 fully saturated rings. The second-order valence-corrected chi connectivity index (χ2v) is 9.67. The maximum Gasteiger partial charge on any atom is 0.337 e. The number of carbonyl (C=O) groups is 2. The first-order valence-electron chi connectivity index (χ1n) is 11.9.